The van der Waals surface area contributed by atoms with Crippen LogP contribution in [0, 0.1) is 56.7 Å². The topological polar surface area (TPSA) is 142 Å². The number of hydrogen-bond acceptors (Lipinski definition) is 6. The summed E-state index contributed by atoms with van der Waals surface area (Å²) in [6.07, 6.45) is 3.53. The quantitative estimate of drug-likeness (QED) is 0.171. The van der Waals surface area contributed by atoms with Crippen LogP contribution in [0.5, 0.6) is 0 Å². The molecule has 0 aliphatic rings. The molecule has 0 radical (unpaired) electrons. The third-order valence-electron chi connectivity index (χ3n) is 11.1. The van der Waals surface area contributed by atoms with Gasteiger partial charge in [-0.3, -0.25) is 4.98 Å². The molecule has 0 N–H and O–H groups in total. The molecule has 10 aromatic rings. The lowest BCUT2D eigenvalue weighted by Crippen LogP contribution is -2.05. The monoisotopic (exact) mass is 762 g/mol. The molecule has 0 aliphatic heterocycles. The summed E-state index contributed by atoms with van der Waals surface area (Å²) in [5.74, 6) is 0. The van der Waals surface area contributed by atoms with Crippen LogP contribution in [0.1, 0.15) is 27.8 Å². The van der Waals surface area contributed by atoms with Crippen LogP contribution in [0.3, 0.4) is 0 Å². The highest BCUT2D eigenvalue weighted by Gasteiger charge is 2.24. The number of hydrogen-bond donors (Lipinski definition) is 0. The van der Waals surface area contributed by atoms with Crippen LogP contribution >= 0.6 is 0 Å². The molecule has 10 rings (SSSR count). The minimum atomic E-state index is 0.397. The summed E-state index contributed by atoms with van der Waals surface area (Å²) in [5, 5.41) is 54.1. The minimum absolute atomic E-state index is 0.397. The largest absolute Gasteiger partial charge is 0.308 e. The van der Waals surface area contributed by atoms with Gasteiger partial charge < -0.3 is 9.13 Å². The number of rotatable bonds is 5. The fourth-order valence-electron chi connectivity index (χ4n) is 8.51. The van der Waals surface area contributed by atoms with Crippen molar-refractivity contribution in [2.75, 3.05) is 0 Å². The number of aromatic nitrogens is 3. The molecule has 0 bridgehead atoms. The van der Waals surface area contributed by atoms with E-state index in [-0.39, 0.29) is 0 Å². The fourth-order valence-corrected chi connectivity index (χ4v) is 8.51. The first-order valence-electron chi connectivity index (χ1n) is 19.0. The Kier molecular flexibility index (Phi) is 8.23. The molecule has 8 nitrogen and oxygen atoms in total. The summed E-state index contributed by atoms with van der Waals surface area (Å²) < 4.78 is 4.40. The summed E-state index contributed by atoms with van der Waals surface area (Å²) in [6.45, 7) is 0. The van der Waals surface area contributed by atoms with E-state index in [1.807, 2.05) is 60.7 Å². The summed E-state index contributed by atoms with van der Waals surface area (Å²) >= 11 is 0. The first-order valence-corrected chi connectivity index (χ1v) is 19.0. The summed E-state index contributed by atoms with van der Waals surface area (Å²) in [5.41, 5.74) is 12.1. The Hall–Kier alpha value is -9.26. The Labute approximate surface area is 343 Å². The number of pyridine rings is 1. The molecule has 0 fully saturated rings. The third kappa shape index (κ3) is 5.61. The molecule has 274 valence electrons. The van der Waals surface area contributed by atoms with Gasteiger partial charge in [-0.1, -0.05) is 60.7 Å². The van der Waals surface area contributed by atoms with Gasteiger partial charge in [0, 0.05) is 39.5 Å². The van der Waals surface area contributed by atoms with Crippen molar-refractivity contribution in [1.29, 1.82) is 26.3 Å². The van der Waals surface area contributed by atoms with E-state index in [4.69, 9.17) is 0 Å². The number of nitriles is 5. The van der Waals surface area contributed by atoms with Crippen LogP contribution in [0.2, 0.25) is 0 Å². The molecule has 60 heavy (non-hydrogen) atoms. The van der Waals surface area contributed by atoms with Gasteiger partial charge in [-0.25, -0.2) is 0 Å². The molecule has 0 unspecified atom stereocenters. The average Bonchev–Trinajstić information content (AvgIpc) is 3.82. The smallest absolute Gasteiger partial charge is 0.0993 e. The van der Waals surface area contributed by atoms with Crippen molar-refractivity contribution in [1.82, 2.24) is 14.1 Å². The Morgan fingerprint density at radius 1 is 0.333 bits per heavy atom. The average molecular weight is 763 g/mol. The minimum Gasteiger partial charge on any atom is -0.308 e. The first kappa shape index (κ1) is 35.2. The van der Waals surface area contributed by atoms with Crippen LogP contribution < -0.4 is 0 Å². The van der Waals surface area contributed by atoms with E-state index < -0.39 is 0 Å². The van der Waals surface area contributed by atoms with Crippen molar-refractivity contribution < 1.29 is 0 Å². The van der Waals surface area contributed by atoms with Crippen molar-refractivity contribution in [2.45, 2.75) is 0 Å². The SMILES string of the molecule is N#Cc1cc(C#N)cc(-c2ccc3c4ccccc4n(-c4cc(C#N)cc(-n5c6ccccc6c6ccc(-c7cc(C#N)cc(C#N)c7)cc65)c4-c4ccncc4)c3c2)c1. The van der Waals surface area contributed by atoms with Crippen molar-refractivity contribution in [3.63, 3.8) is 0 Å². The molecular weight excluding hydrogens is 737 g/mol. The fraction of sp³-hybridized carbons (Fsp3) is 0. The van der Waals surface area contributed by atoms with E-state index in [0.29, 0.717) is 27.8 Å². The van der Waals surface area contributed by atoms with Crippen LogP contribution in [0.25, 0.3) is 88.4 Å². The van der Waals surface area contributed by atoms with E-state index in [2.05, 4.69) is 93.0 Å². The maximum absolute atomic E-state index is 10.8. The van der Waals surface area contributed by atoms with Gasteiger partial charge in [0.1, 0.15) is 0 Å². The summed E-state index contributed by atoms with van der Waals surface area (Å²) in [4.78, 5) is 4.38. The zero-order chi connectivity index (χ0) is 40.9. The second-order valence-corrected chi connectivity index (χ2v) is 14.5. The number of fused-ring (bicyclic) bond motifs is 6. The van der Waals surface area contributed by atoms with Gasteiger partial charge in [-0.15, -0.1) is 0 Å². The van der Waals surface area contributed by atoms with E-state index in [9.17, 15) is 26.3 Å². The third-order valence-corrected chi connectivity index (χ3v) is 11.1. The Balaban J connectivity index is 1.33. The van der Waals surface area contributed by atoms with Gasteiger partial charge in [0.2, 0.25) is 0 Å². The maximum Gasteiger partial charge on any atom is 0.0993 e. The van der Waals surface area contributed by atoms with Crippen LogP contribution in [-0.4, -0.2) is 14.1 Å². The summed E-state index contributed by atoms with van der Waals surface area (Å²) in [7, 11) is 0. The normalized spacial score (nSPS) is 10.9. The molecule has 3 heterocycles. The zero-order valence-electron chi connectivity index (χ0n) is 31.6. The predicted molar refractivity (Wildman–Crippen MR) is 233 cm³/mol. The highest BCUT2D eigenvalue weighted by Crippen LogP contribution is 2.44. The molecule has 3 aromatic heterocycles. The Morgan fingerprint density at radius 3 is 1.13 bits per heavy atom. The van der Waals surface area contributed by atoms with Crippen molar-refractivity contribution >= 4 is 43.6 Å². The second kappa shape index (κ2) is 14.0. The molecule has 0 atom stereocenters. The molecular formula is C52H26N8. The lowest BCUT2D eigenvalue weighted by atomic mass is 9.98. The van der Waals surface area contributed by atoms with Gasteiger partial charge in [0.05, 0.1) is 91.6 Å². The summed E-state index contributed by atoms with van der Waals surface area (Å²) in [6, 6.07) is 58.1. The van der Waals surface area contributed by atoms with Crippen LogP contribution in [0.4, 0.5) is 0 Å². The van der Waals surface area contributed by atoms with E-state index in [1.165, 1.54) is 0 Å². The number of benzene rings is 7. The van der Waals surface area contributed by atoms with Crippen molar-refractivity contribution in [3.8, 4) is 75.1 Å². The Bertz CT molecular complexity index is 3390. The molecule has 0 spiro atoms. The Morgan fingerprint density at radius 2 is 0.717 bits per heavy atom. The van der Waals surface area contributed by atoms with Gasteiger partial charge in [0.15, 0.2) is 0 Å². The van der Waals surface area contributed by atoms with Crippen LogP contribution in [0.15, 0.2) is 158 Å². The lowest BCUT2D eigenvalue weighted by Gasteiger charge is -2.21. The predicted octanol–water partition coefficient (Wildman–Crippen LogP) is 11.6. The standard InChI is InChI=1S/C52H26N8/c53-27-32-17-33(28-54)20-40(19-32)38-9-11-44-42-5-1-3-7-46(42)59(48(44)25-38)50-23-36(31-57)24-51(52(50)37-13-15-58-16-14-37)60-47-8-4-2-6-43(47)45-12-10-39(26-49(45)60)41-21-34(29-55)18-35(22-41)30-56/h1-26H. The zero-order valence-corrected chi connectivity index (χ0v) is 31.6. The molecule has 8 heteroatoms. The molecule has 0 aliphatic carbocycles. The molecule has 7 aromatic carbocycles. The molecule has 0 amide bonds. The van der Waals surface area contributed by atoms with Crippen LogP contribution in [-0.2, 0) is 0 Å². The van der Waals surface area contributed by atoms with Crippen molar-refractivity contribution in [3.05, 3.63) is 186 Å². The van der Waals surface area contributed by atoms with Gasteiger partial charge >= 0.3 is 0 Å². The molecule has 0 saturated carbocycles. The van der Waals surface area contributed by atoms with Gasteiger partial charge in [-0.2, -0.15) is 26.3 Å². The number of para-hydroxylation sites is 2. The molecule has 0 saturated heterocycles. The lowest BCUT2D eigenvalue weighted by molar-refractivity contribution is 1.13. The number of nitrogens with zero attached hydrogens (tertiary/aromatic N) is 8. The second-order valence-electron chi connectivity index (χ2n) is 14.5. The van der Waals surface area contributed by atoms with Gasteiger partial charge in [0.25, 0.3) is 0 Å². The van der Waals surface area contributed by atoms with E-state index in [0.717, 1.165) is 88.4 Å². The van der Waals surface area contributed by atoms with Crippen molar-refractivity contribution in [2.24, 2.45) is 0 Å². The highest BCUT2D eigenvalue weighted by molar-refractivity contribution is 6.13. The van der Waals surface area contributed by atoms with Gasteiger partial charge in [-0.05, 0) is 113 Å². The van der Waals surface area contributed by atoms with E-state index in [1.54, 1.807) is 48.8 Å². The maximum atomic E-state index is 10.8. The van der Waals surface area contributed by atoms with E-state index >= 15 is 0 Å². The highest BCUT2D eigenvalue weighted by atomic mass is 15.0. The first-order chi connectivity index (χ1) is 29.5.